The van der Waals surface area contributed by atoms with Crippen LogP contribution in [0, 0.1) is 6.92 Å². The van der Waals surface area contributed by atoms with E-state index in [9.17, 15) is 0 Å². The molecule has 104 valence electrons. The van der Waals surface area contributed by atoms with E-state index in [0.717, 1.165) is 49.8 Å². The third-order valence-electron chi connectivity index (χ3n) is 3.35. The number of hydrogen-bond acceptors (Lipinski definition) is 4. The van der Waals surface area contributed by atoms with E-state index in [1.165, 1.54) is 5.57 Å². The van der Waals surface area contributed by atoms with Gasteiger partial charge in [0.25, 0.3) is 0 Å². The van der Waals surface area contributed by atoms with E-state index >= 15 is 0 Å². The van der Waals surface area contributed by atoms with E-state index < -0.39 is 0 Å². The van der Waals surface area contributed by atoms with Gasteiger partial charge in [0.2, 0.25) is 5.95 Å². The van der Waals surface area contributed by atoms with Crippen molar-refractivity contribution in [1.29, 1.82) is 0 Å². The van der Waals surface area contributed by atoms with Gasteiger partial charge in [-0.2, -0.15) is 0 Å². The topological polar surface area (TPSA) is 49.8 Å². The number of rotatable bonds is 5. The van der Waals surface area contributed by atoms with Crippen LogP contribution in [0.3, 0.4) is 0 Å². The van der Waals surface area contributed by atoms with Gasteiger partial charge in [-0.05, 0) is 38.3 Å². The molecule has 0 saturated heterocycles. The lowest BCUT2D eigenvalue weighted by Gasteiger charge is -2.14. The van der Waals surface area contributed by atoms with E-state index in [4.69, 9.17) is 0 Å². The van der Waals surface area contributed by atoms with Crippen LogP contribution in [-0.2, 0) is 0 Å². The summed E-state index contributed by atoms with van der Waals surface area (Å²) in [5, 5.41) is 6.67. The van der Waals surface area contributed by atoms with Gasteiger partial charge in [-0.1, -0.05) is 25.5 Å². The molecule has 1 aromatic heterocycles. The van der Waals surface area contributed by atoms with E-state index in [2.05, 4.69) is 46.6 Å². The molecule has 0 radical (unpaired) electrons. The molecule has 4 nitrogen and oxygen atoms in total. The largest absolute Gasteiger partial charge is 0.354 e. The first kappa shape index (κ1) is 14.0. The van der Waals surface area contributed by atoms with Crippen LogP contribution in [0.4, 0.5) is 5.95 Å². The van der Waals surface area contributed by atoms with Gasteiger partial charge in [0.1, 0.15) is 0 Å². The third-order valence-corrected chi connectivity index (χ3v) is 3.35. The van der Waals surface area contributed by atoms with Crippen molar-refractivity contribution >= 4 is 5.95 Å². The molecule has 1 aromatic rings. The zero-order valence-corrected chi connectivity index (χ0v) is 12.2. The lowest BCUT2D eigenvalue weighted by atomic mass is 10.1. The second kappa shape index (κ2) is 6.66. The molecule has 2 heterocycles. The number of anilines is 1. The number of aryl methyl sites for hydroxylation is 1. The summed E-state index contributed by atoms with van der Waals surface area (Å²) >= 11 is 0. The van der Waals surface area contributed by atoms with Crippen molar-refractivity contribution in [3.05, 3.63) is 29.1 Å². The fourth-order valence-corrected chi connectivity index (χ4v) is 2.20. The zero-order chi connectivity index (χ0) is 13.7. The summed E-state index contributed by atoms with van der Waals surface area (Å²) in [4.78, 5) is 9.01. The van der Waals surface area contributed by atoms with Crippen LogP contribution in [0.5, 0.6) is 0 Å². The second-order valence-electron chi connectivity index (χ2n) is 5.41. The van der Waals surface area contributed by atoms with E-state index in [-0.39, 0.29) is 0 Å². The molecular weight excluding hydrogens is 236 g/mol. The monoisotopic (exact) mass is 260 g/mol. The number of nitrogens with one attached hydrogen (secondary N) is 2. The van der Waals surface area contributed by atoms with Crippen LogP contribution in [0.15, 0.2) is 17.7 Å². The molecule has 1 aliphatic rings. The standard InChI is InChI=1S/C15H24N4/c1-11(2)14-10-12(3)18-15(19-14)17-9-6-13-4-7-16-8-5-13/h4,10-11,16H,5-9H2,1-3H3,(H,17,18,19). The first-order valence-corrected chi connectivity index (χ1v) is 7.13. The molecule has 19 heavy (non-hydrogen) atoms. The maximum atomic E-state index is 4.56. The zero-order valence-electron chi connectivity index (χ0n) is 12.2. The van der Waals surface area contributed by atoms with E-state index in [1.807, 2.05) is 6.92 Å². The Morgan fingerprint density at radius 1 is 1.37 bits per heavy atom. The van der Waals surface area contributed by atoms with Gasteiger partial charge < -0.3 is 10.6 Å². The summed E-state index contributed by atoms with van der Waals surface area (Å²) in [6.45, 7) is 9.36. The van der Waals surface area contributed by atoms with E-state index in [0.29, 0.717) is 5.92 Å². The molecule has 0 atom stereocenters. The quantitative estimate of drug-likeness (QED) is 0.799. The number of aromatic nitrogens is 2. The Bertz CT molecular complexity index is 451. The van der Waals surface area contributed by atoms with Crippen molar-refractivity contribution in [2.45, 2.75) is 39.5 Å². The Balaban J connectivity index is 1.90. The van der Waals surface area contributed by atoms with E-state index in [1.54, 1.807) is 0 Å². The Hall–Kier alpha value is -1.42. The Morgan fingerprint density at radius 2 is 2.21 bits per heavy atom. The Labute approximate surface area is 115 Å². The highest BCUT2D eigenvalue weighted by Crippen LogP contribution is 2.15. The van der Waals surface area contributed by atoms with Gasteiger partial charge in [0.15, 0.2) is 0 Å². The molecule has 0 aliphatic carbocycles. The second-order valence-corrected chi connectivity index (χ2v) is 5.41. The van der Waals surface area contributed by atoms with Crippen molar-refractivity contribution in [2.75, 3.05) is 25.0 Å². The highest BCUT2D eigenvalue weighted by atomic mass is 15.1. The van der Waals surface area contributed by atoms with Gasteiger partial charge in [-0.3, -0.25) is 0 Å². The first-order valence-electron chi connectivity index (χ1n) is 7.13. The SMILES string of the molecule is Cc1cc(C(C)C)nc(NCCC2=CCNCC2)n1. The molecule has 4 heteroatoms. The predicted octanol–water partition coefficient (Wildman–Crippen LogP) is 2.63. The summed E-state index contributed by atoms with van der Waals surface area (Å²) in [5.41, 5.74) is 3.67. The lowest BCUT2D eigenvalue weighted by Crippen LogP contribution is -2.21. The normalized spacial score (nSPS) is 15.5. The Morgan fingerprint density at radius 3 is 2.89 bits per heavy atom. The fraction of sp³-hybridized carbons (Fsp3) is 0.600. The summed E-state index contributed by atoms with van der Waals surface area (Å²) in [6, 6.07) is 2.06. The van der Waals surface area contributed by atoms with Crippen molar-refractivity contribution in [2.24, 2.45) is 0 Å². The molecule has 0 spiro atoms. The van der Waals surface area contributed by atoms with Gasteiger partial charge >= 0.3 is 0 Å². The average Bonchev–Trinajstić information content (AvgIpc) is 2.39. The van der Waals surface area contributed by atoms with Crippen LogP contribution in [0.25, 0.3) is 0 Å². The van der Waals surface area contributed by atoms with Gasteiger partial charge in [0.05, 0.1) is 0 Å². The molecular formula is C15H24N4. The minimum Gasteiger partial charge on any atom is -0.354 e. The highest BCUT2D eigenvalue weighted by molar-refractivity contribution is 5.29. The number of hydrogen-bond donors (Lipinski definition) is 2. The van der Waals surface area contributed by atoms with Gasteiger partial charge in [0, 0.05) is 24.5 Å². The Kier molecular flexibility index (Phi) is 4.91. The molecule has 2 N–H and O–H groups in total. The lowest BCUT2D eigenvalue weighted by molar-refractivity contribution is 0.683. The molecule has 0 bridgehead atoms. The summed E-state index contributed by atoms with van der Waals surface area (Å²) in [5.74, 6) is 1.20. The van der Waals surface area contributed by atoms with Crippen molar-refractivity contribution in [3.63, 3.8) is 0 Å². The summed E-state index contributed by atoms with van der Waals surface area (Å²) in [7, 11) is 0. The maximum Gasteiger partial charge on any atom is 0.223 e. The molecule has 0 aromatic carbocycles. The average molecular weight is 260 g/mol. The van der Waals surface area contributed by atoms with Gasteiger partial charge in [-0.25, -0.2) is 9.97 Å². The van der Waals surface area contributed by atoms with Crippen LogP contribution < -0.4 is 10.6 Å². The summed E-state index contributed by atoms with van der Waals surface area (Å²) < 4.78 is 0. The molecule has 0 unspecified atom stereocenters. The molecule has 0 fully saturated rings. The predicted molar refractivity (Wildman–Crippen MR) is 79.5 cm³/mol. The van der Waals surface area contributed by atoms with Gasteiger partial charge in [-0.15, -0.1) is 0 Å². The first-order chi connectivity index (χ1) is 9.15. The third kappa shape index (κ3) is 4.31. The van der Waals surface area contributed by atoms with Crippen LogP contribution >= 0.6 is 0 Å². The van der Waals surface area contributed by atoms with Crippen molar-refractivity contribution in [3.8, 4) is 0 Å². The molecule has 0 saturated carbocycles. The molecule has 0 amide bonds. The van der Waals surface area contributed by atoms with Crippen LogP contribution in [-0.4, -0.2) is 29.6 Å². The van der Waals surface area contributed by atoms with Crippen LogP contribution in [0.1, 0.15) is 44.0 Å². The number of nitrogens with zero attached hydrogens (tertiary/aromatic N) is 2. The fourth-order valence-electron chi connectivity index (χ4n) is 2.20. The van der Waals surface area contributed by atoms with Crippen molar-refractivity contribution in [1.82, 2.24) is 15.3 Å². The maximum absolute atomic E-state index is 4.56. The highest BCUT2D eigenvalue weighted by Gasteiger charge is 2.06. The minimum absolute atomic E-state index is 0.439. The smallest absolute Gasteiger partial charge is 0.223 e. The summed E-state index contributed by atoms with van der Waals surface area (Å²) in [6.07, 6.45) is 4.53. The van der Waals surface area contributed by atoms with Crippen LogP contribution in [0.2, 0.25) is 0 Å². The molecule has 2 rings (SSSR count). The van der Waals surface area contributed by atoms with Crippen molar-refractivity contribution < 1.29 is 0 Å². The molecule has 1 aliphatic heterocycles. The minimum atomic E-state index is 0.439.